The van der Waals surface area contributed by atoms with E-state index in [0.29, 0.717) is 13.1 Å². The molecule has 0 spiro atoms. The van der Waals surface area contributed by atoms with Crippen molar-refractivity contribution in [3.05, 3.63) is 33.9 Å². The summed E-state index contributed by atoms with van der Waals surface area (Å²) >= 11 is 0. The number of halogens is 1. The Hall–Kier alpha value is -1.86. The molecule has 1 amide bonds. The van der Waals surface area contributed by atoms with Gasteiger partial charge < -0.3 is 16.4 Å². The first-order valence-corrected chi connectivity index (χ1v) is 5.03. The van der Waals surface area contributed by atoms with Crippen LogP contribution in [0.2, 0.25) is 0 Å². The molecule has 0 atom stereocenters. The average Bonchev–Trinajstić information content (AvgIpc) is 2.29. The summed E-state index contributed by atoms with van der Waals surface area (Å²) in [6, 6.07) is 3.98. The van der Waals surface area contributed by atoms with Gasteiger partial charge in [0.15, 0.2) is 0 Å². The molecule has 0 aliphatic heterocycles. The molecule has 8 heteroatoms. The van der Waals surface area contributed by atoms with E-state index in [9.17, 15) is 14.9 Å². The lowest BCUT2D eigenvalue weighted by atomic mass is 10.1. The fourth-order valence-electron chi connectivity index (χ4n) is 1.25. The number of benzene rings is 1. The number of nitrogens with zero attached hydrogens (tertiary/aromatic N) is 1. The Labute approximate surface area is 110 Å². The standard InChI is InChI=1S/C10H14N4O3.ClH/c1-12-4-5-13-10(15)7-2-3-8(11)9(6-7)14(16)17;/h2-3,6,12H,4-5,11H2,1H3,(H,13,15);1H. The molecule has 1 aromatic rings. The van der Waals surface area contributed by atoms with E-state index in [1.807, 2.05) is 0 Å². The highest BCUT2D eigenvalue weighted by molar-refractivity contribution is 5.95. The van der Waals surface area contributed by atoms with Crippen LogP contribution in [-0.2, 0) is 0 Å². The van der Waals surface area contributed by atoms with E-state index in [-0.39, 0.29) is 35.3 Å². The number of nitrogen functional groups attached to an aromatic ring is 1. The van der Waals surface area contributed by atoms with Gasteiger partial charge in [-0.3, -0.25) is 14.9 Å². The zero-order valence-corrected chi connectivity index (χ0v) is 10.6. The topological polar surface area (TPSA) is 110 Å². The second-order valence-corrected chi connectivity index (χ2v) is 3.39. The summed E-state index contributed by atoms with van der Waals surface area (Å²) in [5.74, 6) is -0.358. The molecule has 0 heterocycles. The quantitative estimate of drug-likeness (QED) is 0.314. The highest BCUT2D eigenvalue weighted by Gasteiger charge is 2.15. The van der Waals surface area contributed by atoms with E-state index < -0.39 is 4.92 Å². The molecular formula is C10H15ClN4O3. The predicted octanol–water partition coefficient (Wildman–Crippen LogP) is 0.548. The van der Waals surface area contributed by atoms with E-state index >= 15 is 0 Å². The molecule has 100 valence electrons. The van der Waals surface area contributed by atoms with Crippen LogP contribution in [0.1, 0.15) is 10.4 Å². The first-order chi connectivity index (χ1) is 8.06. The lowest BCUT2D eigenvalue weighted by Gasteiger charge is -2.05. The normalized spacial score (nSPS) is 9.39. The SMILES string of the molecule is CNCCNC(=O)c1ccc(N)c([N+](=O)[O-])c1.Cl. The molecule has 1 rings (SSSR count). The molecule has 0 saturated carbocycles. The van der Waals surface area contributed by atoms with Gasteiger partial charge >= 0.3 is 0 Å². The molecule has 4 N–H and O–H groups in total. The number of carbonyl (C=O) groups excluding carboxylic acids is 1. The Morgan fingerprint density at radius 3 is 2.67 bits per heavy atom. The number of nitrogens with one attached hydrogen (secondary N) is 2. The van der Waals surface area contributed by atoms with Gasteiger partial charge in [-0.05, 0) is 19.2 Å². The van der Waals surface area contributed by atoms with Crippen LogP contribution in [0.15, 0.2) is 18.2 Å². The summed E-state index contributed by atoms with van der Waals surface area (Å²) in [7, 11) is 1.76. The van der Waals surface area contributed by atoms with Crippen LogP contribution in [0, 0.1) is 10.1 Å². The summed E-state index contributed by atoms with van der Waals surface area (Å²) in [4.78, 5) is 21.6. The van der Waals surface area contributed by atoms with Crippen LogP contribution in [0.4, 0.5) is 11.4 Å². The van der Waals surface area contributed by atoms with Crippen LogP contribution in [0.25, 0.3) is 0 Å². The van der Waals surface area contributed by atoms with E-state index in [1.54, 1.807) is 7.05 Å². The minimum Gasteiger partial charge on any atom is -0.393 e. The molecule has 0 aromatic heterocycles. The highest BCUT2D eigenvalue weighted by atomic mass is 35.5. The summed E-state index contributed by atoms with van der Waals surface area (Å²) in [5, 5.41) is 16.1. The van der Waals surface area contributed by atoms with E-state index in [0.717, 1.165) is 0 Å². The zero-order valence-electron chi connectivity index (χ0n) is 9.80. The molecule has 0 aliphatic carbocycles. The maximum absolute atomic E-state index is 11.6. The summed E-state index contributed by atoms with van der Waals surface area (Å²) in [5.41, 5.74) is 5.44. The number of nitro benzene ring substituents is 1. The number of carbonyl (C=O) groups is 1. The van der Waals surface area contributed by atoms with Gasteiger partial charge in [-0.2, -0.15) is 0 Å². The maximum atomic E-state index is 11.6. The van der Waals surface area contributed by atoms with Gasteiger partial charge in [-0.15, -0.1) is 12.4 Å². The Kier molecular flexibility index (Phi) is 6.69. The number of nitro groups is 1. The van der Waals surface area contributed by atoms with Gasteiger partial charge in [-0.25, -0.2) is 0 Å². The van der Waals surface area contributed by atoms with Gasteiger partial charge in [0.2, 0.25) is 0 Å². The van der Waals surface area contributed by atoms with Crippen molar-refractivity contribution in [3.63, 3.8) is 0 Å². The molecule has 1 aromatic carbocycles. The first-order valence-electron chi connectivity index (χ1n) is 5.03. The van der Waals surface area contributed by atoms with Gasteiger partial charge in [0.05, 0.1) is 4.92 Å². The van der Waals surface area contributed by atoms with Crippen LogP contribution in [0.3, 0.4) is 0 Å². The minimum absolute atomic E-state index is 0. The highest BCUT2D eigenvalue weighted by Crippen LogP contribution is 2.22. The molecule has 0 saturated heterocycles. The second kappa shape index (κ2) is 7.46. The monoisotopic (exact) mass is 274 g/mol. The molecule has 0 aliphatic rings. The lowest BCUT2D eigenvalue weighted by molar-refractivity contribution is -0.383. The minimum atomic E-state index is -0.611. The molecule has 0 fully saturated rings. The number of hydrogen-bond donors (Lipinski definition) is 3. The summed E-state index contributed by atoms with van der Waals surface area (Å²) < 4.78 is 0. The largest absolute Gasteiger partial charge is 0.393 e. The number of nitrogens with two attached hydrogens (primary N) is 1. The van der Waals surface area contributed by atoms with E-state index in [1.165, 1.54) is 18.2 Å². The molecular weight excluding hydrogens is 260 g/mol. The third kappa shape index (κ3) is 4.19. The van der Waals surface area contributed by atoms with Gasteiger partial charge in [0.25, 0.3) is 11.6 Å². The number of rotatable bonds is 5. The van der Waals surface area contributed by atoms with Crippen LogP contribution in [0.5, 0.6) is 0 Å². The summed E-state index contributed by atoms with van der Waals surface area (Å²) in [6.07, 6.45) is 0. The third-order valence-corrected chi connectivity index (χ3v) is 2.15. The Morgan fingerprint density at radius 1 is 1.44 bits per heavy atom. The zero-order chi connectivity index (χ0) is 12.8. The second-order valence-electron chi connectivity index (χ2n) is 3.39. The molecule has 0 bridgehead atoms. The van der Waals surface area contributed by atoms with E-state index in [2.05, 4.69) is 10.6 Å². The molecule has 7 nitrogen and oxygen atoms in total. The lowest BCUT2D eigenvalue weighted by Crippen LogP contribution is -2.30. The van der Waals surface area contributed by atoms with Gasteiger partial charge in [0, 0.05) is 24.7 Å². The van der Waals surface area contributed by atoms with Crippen molar-refractivity contribution in [2.45, 2.75) is 0 Å². The first kappa shape index (κ1) is 16.1. The van der Waals surface area contributed by atoms with Crippen molar-refractivity contribution in [2.24, 2.45) is 0 Å². The fraction of sp³-hybridized carbons (Fsp3) is 0.300. The van der Waals surface area contributed by atoms with Gasteiger partial charge in [-0.1, -0.05) is 0 Å². The molecule has 0 radical (unpaired) electrons. The number of hydrogen-bond acceptors (Lipinski definition) is 5. The average molecular weight is 275 g/mol. The van der Waals surface area contributed by atoms with Crippen molar-refractivity contribution >= 4 is 29.7 Å². The maximum Gasteiger partial charge on any atom is 0.292 e. The van der Waals surface area contributed by atoms with Crippen molar-refractivity contribution in [1.82, 2.24) is 10.6 Å². The van der Waals surface area contributed by atoms with Crippen LogP contribution in [-0.4, -0.2) is 31.0 Å². The van der Waals surface area contributed by atoms with Crippen molar-refractivity contribution < 1.29 is 9.72 Å². The number of amides is 1. The Morgan fingerprint density at radius 2 is 2.11 bits per heavy atom. The summed E-state index contributed by atoms with van der Waals surface area (Å²) in [6.45, 7) is 1.08. The van der Waals surface area contributed by atoms with Crippen molar-refractivity contribution in [3.8, 4) is 0 Å². The molecule has 0 unspecified atom stereocenters. The van der Waals surface area contributed by atoms with Crippen molar-refractivity contribution in [2.75, 3.05) is 25.9 Å². The Balaban J connectivity index is 0.00000289. The van der Waals surface area contributed by atoms with Crippen LogP contribution < -0.4 is 16.4 Å². The molecule has 18 heavy (non-hydrogen) atoms. The van der Waals surface area contributed by atoms with Crippen LogP contribution >= 0.6 is 12.4 Å². The van der Waals surface area contributed by atoms with Crippen molar-refractivity contribution in [1.29, 1.82) is 0 Å². The smallest absolute Gasteiger partial charge is 0.292 e. The third-order valence-electron chi connectivity index (χ3n) is 2.15. The van der Waals surface area contributed by atoms with E-state index in [4.69, 9.17) is 5.73 Å². The fourth-order valence-corrected chi connectivity index (χ4v) is 1.25. The number of anilines is 1. The number of likely N-dealkylation sites (N-methyl/N-ethyl adjacent to an activating group) is 1. The van der Waals surface area contributed by atoms with Gasteiger partial charge in [0.1, 0.15) is 5.69 Å². The predicted molar refractivity (Wildman–Crippen MR) is 71.0 cm³/mol. The Bertz CT molecular complexity index is 439.